The van der Waals surface area contributed by atoms with Gasteiger partial charge in [0.25, 0.3) is 0 Å². The zero-order valence-corrected chi connectivity index (χ0v) is 12.1. The van der Waals surface area contributed by atoms with Crippen LogP contribution in [0.4, 0.5) is 0 Å². The molecule has 4 heteroatoms. The van der Waals surface area contributed by atoms with E-state index in [1.807, 2.05) is 36.5 Å². The van der Waals surface area contributed by atoms with Gasteiger partial charge in [-0.15, -0.1) is 0 Å². The monoisotopic (exact) mass is 318 g/mol. The van der Waals surface area contributed by atoms with Crippen LogP contribution in [0.2, 0.25) is 0 Å². The second-order valence-corrected chi connectivity index (χ2v) is 5.63. The van der Waals surface area contributed by atoms with E-state index in [2.05, 4.69) is 32.3 Å². The summed E-state index contributed by atoms with van der Waals surface area (Å²) in [6, 6.07) is 12.4. The highest BCUT2D eigenvalue weighted by molar-refractivity contribution is 9.10. The smallest absolute Gasteiger partial charge is 0.219 e. The third-order valence-corrected chi connectivity index (χ3v) is 3.53. The average molecular weight is 319 g/mol. The molecule has 0 amide bonds. The first-order chi connectivity index (χ1) is 9.29. The number of hydrogen-bond donors (Lipinski definition) is 1. The van der Waals surface area contributed by atoms with Crippen LogP contribution in [0.1, 0.15) is 18.4 Å². The number of nitrogens with zero attached hydrogens (tertiary/aromatic N) is 1. The Balaban J connectivity index is 1.59. The summed E-state index contributed by atoms with van der Waals surface area (Å²) in [7, 11) is 0. The van der Waals surface area contributed by atoms with Crippen molar-refractivity contribution in [3.8, 4) is 11.6 Å². The van der Waals surface area contributed by atoms with Crippen molar-refractivity contribution in [2.24, 2.45) is 0 Å². The van der Waals surface area contributed by atoms with Gasteiger partial charge in [-0.25, -0.2) is 4.98 Å². The number of pyridine rings is 1. The summed E-state index contributed by atoms with van der Waals surface area (Å²) in [4.78, 5) is 4.32. The van der Waals surface area contributed by atoms with Crippen molar-refractivity contribution in [2.75, 3.05) is 0 Å². The Morgan fingerprint density at radius 1 is 1.16 bits per heavy atom. The fraction of sp³-hybridized carbons (Fsp3) is 0.267. The molecule has 1 heterocycles. The Hall–Kier alpha value is -1.39. The lowest BCUT2D eigenvalue weighted by molar-refractivity contribution is 0.462. The van der Waals surface area contributed by atoms with Gasteiger partial charge in [0, 0.05) is 29.3 Å². The number of rotatable bonds is 5. The summed E-state index contributed by atoms with van der Waals surface area (Å²) < 4.78 is 6.71. The molecule has 1 aliphatic rings. The Bertz CT molecular complexity index is 535. The summed E-state index contributed by atoms with van der Waals surface area (Å²) in [5, 5.41) is 3.46. The normalized spacial score (nSPS) is 14.4. The molecule has 2 aromatic rings. The van der Waals surface area contributed by atoms with E-state index in [4.69, 9.17) is 4.74 Å². The molecule has 0 aliphatic heterocycles. The van der Waals surface area contributed by atoms with Gasteiger partial charge >= 0.3 is 0 Å². The molecule has 0 saturated heterocycles. The summed E-state index contributed by atoms with van der Waals surface area (Å²) >= 11 is 3.40. The third-order valence-electron chi connectivity index (χ3n) is 3.01. The molecule has 0 bridgehead atoms. The number of ether oxygens (including phenoxy) is 1. The Morgan fingerprint density at radius 3 is 2.58 bits per heavy atom. The van der Waals surface area contributed by atoms with Crippen LogP contribution >= 0.6 is 15.9 Å². The first-order valence-electron chi connectivity index (χ1n) is 6.41. The van der Waals surface area contributed by atoms with Gasteiger partial charge in [-0.1, -0.05) is 22.0 Å². The van der Waals surface area contributed by atoms with Crippen LogP contribution in [0, 0.1) is 0 Å². The maximum Gasteiger partial charge on any atom is 0.219 e. The predicted octanol–water partition coefficient (Wildman–Crippen LogP) is 3.89. The SMILES string of the molecule is Brc1ccc(Oc2ccc(CNC3CC3)cn2)cc1. The van der Waals surface area contributed by atoms with Crippen molar-refractivity contribution < 1.29 is 4.74 Å². The van der Waals surface area contributed by atoms with Crippen molar-refractivity contribution in [2.45, 2.75) is 25.4 Å². The first kappa shape index (κ1) is 12.6. The Morgan fingerprint density at radius 2 is 1.95 bits per heavy atom. The van der Waals surface area contributed by atoms with E-state index in [1.165, 1.54) is 18.4 Å². The van der Waals surface area contributed by atoms with Gasteiger partial charge in [0.1, 0.15) is 5.75 Å². The number of nitrogens with one attached hydrogen (secondary N) is 1. The van der Waals surface area contributed by atoms with Gasteiger partial charge in [0.05, 0.1) is 0 Å². The van der Waals surface area contributed by atoms with Gasteiger partial charge in [0.2, 0.25) is 5.88 Å². The molecule has 1 aromatic carbocycles. The van der Waals surface area contributed by atoms with Gasteiger partial charge < -0.3 is 10.1 Å². The molecule has 19 heavy (non-hydrogen) atoms. The lowest BCUT2D eigenvalue weighted by atomic mass is 10.3. The molecule has 0 unspecified atom stereocenters. The zero-order chi connectivity index (χ0) is 13.1. The largest absolute Gasteiger partial charge is 0.439 e. The molecule has 3 nitrogen and oxygen atoms in total. The molecule has 0 radical (unpaired) electrons. The highest BCUT2D eigenvalue weighted by atomic mass is 79.9. The van der Waals surface area contributed by atoms with E-state index in [0.29, 0.717) is 5.88 Å². The van der Waals surface area contributed by atoms with Crippen LogP contribution < -0.4 is 10.1 Å². The van der Waals surface area contributed by atoms with Crippen molar-refractivity contribution in [1.82, 2.24) is 10.3 Å². The molecule has 98 valence electrons. The van der Waals surface area contributed by atoms with Crippen molar-refractivity contribution in [1.29, 1.82) is 0 Å². The number of halogens is 1. The summed E-state index contributed by atoms with van der Waals surface area (Å²) in [5.41, 5.74) is 1.19. The van der Waals surface area contributed by atoms with E-state index in [-0.39, 0.29) is 0 Å². The maximum atomic E-state index is 5.67. The van der Waals surface area contributed by atoms with Crippen LogP contribution in [-0.4, -0.2) is 11.0 Å². The molecular formula is C15H15BrN2O. The van der Waals surface area contributed by atoms with E-state index < -0.39 is 0 Å². The molecule has 3 rings (SSSR count). The quantitative estimate of drug-likeness (QED) is 0.908. The van der Waals surface area contributed by atoms with E-state index in [0.717, 1.165) is 22.8 Å². The highest BCUT2D eigenvalue weighted by Crippen LogP contribution is 2.22. The molecular weight excluding hydrogens is 304 g/mol. The van der Waals surface area contributed by atoms with E-state index >= 15 is 0 Å². The van der Waals surface area contributed by atoms with Crippen LogP contribution in [0.15, 0.2) is 47.1 Å². The topological polar surface area (TPSA) is 34.1 Å². The Kier molecular flexibility index (Phi) is 3.80. The summed E-state index contributed by atoms with van der Waals surface area (Å²) in [6.45, 7) is 0.885. The zero-order valence-electron chi connectivity index (χ0n) is 10.5. The summed E-state index contributed by atoms with van der Waals surface area (Å²) in [6.07, 6.45) is 4.47. The van der Waals surface area contributed by atoms with Gasteiger partial charge in [-0.05, 0) is 42.7 Å². The summed E-state index contributed by atoms with van der Waals surface area (Å²) in [5.74, 6) is 1.41. The molecule has 0 atom stereocenters. The number of hydrogen-bond acceptors (Lipinski definition) is 3. The second kappa shape index (κ2) is 5.72. The van der Waals surface area contributed by atoms with Crippen LogP contribution in [0.3, 0.4) is 0 Å². The van der Waals surface area contributed by atoms with Crippen molar-refractivity contribution >= 4 is 15.9 Å². The lowest BCUT2D eigenvalue weighted by Gasteiger charge is -2.06. The highest BCUT2D eigenvalue weighted by Gasteiger charge is 2.19. The van der Waals surface area contributed by atoms with Crippen LogP contribution in [-0.2, 0) is 6.54 Å². The average Bonchev–Trinajstić information content (AvgIpc) is 3.25. The first-order valence-corrected chi connectivity index (χ1v) is 7.21. The number of aromatic nitrogens is 1. The minimum atomic E-state index is 0.623. The third kappa shape index (κ3) is 3.78. The van der Waals surface area contributed by atoms with Gasteiger partial charge in [-0.2, -0.15) is 0 Å². The lowest BCUT2D eigenvalue weighted by Crippen LogP contribution is -2.15. The molecule has 0 spiro atoms. The van der Waals surface area contributed by atoms with Gasteiger partial charge in [-0.3, -0.25) is 0 Å². The molecule has 1 fully saturated rings. The number of benzene rings is 1. The molecule has 1 aliphatic carbocycles. The molecule has 1 saturated carbocycles. The van der Waals surface area contributed by atoms with Crippen molar-refractivity contribution in [3.63, 3.8) is 0 Å². The minimum absolute atomic E-state index is 0.623. The van der Waals surface area contributed by atoms with Crippen LogP contribution in [0.5, 0.6) is 11.6 Å². The predicted molar refractivity (Wildman–Crippen MR) is 78.3 cm³/mol. The Labute approximate surface area is 121 Å². The van der Waals surface area contributed by atoms with E-state index in [1.54, 1.807) is 0 Å². The van der Waals surface area contributed by atoms with Crippen molar-refractivity contribution in [3.05, 3.63) is 52.6 Å². The minimum Gasteiger partial charge on any atom is -0.439 e. The van der Waals surface area contributed by atoms with Crippen LogP contribution in [0.25, 0.3) is 0 Å². The maximum absolute atomic E-state index is 5.67. The van der Waals surface area contributed by atoms with E-state index in [9.17, 15) is 0 Å². The molecule has 1 N–H and O–H groups in total. The fourth-order valence-corrected chi connectivity index (χ4v) is 2.01. The molecule has 1 aromatic heterocycles. The fourth-order valence-electron chi connectivity index (χ4n) is 1.75. The van der Waals surface area contributed by atoms with Gasteiger partial charge in [0.15, 0.2) is 0 Å². The second-order valence-electron chi connectivity index (χ2n) is 4.72. The standard InChI is InChI=1S/C15H15BrN2O/c16-12-2-6-14(7-3-12)19-15-8-1-11(10-18-15)9-17-13-4-5-13/h1-3,6-8,10,13,17H,4-5,9H2.